The molecule has 1 fully saturated rings. The third-order valence-corrected chi connectivity index (χ3v) is 5.25. The summed E-state index contributed by atoms with van der Waals surface area (Å²) in [5, 5.41) is 13.9. The maximum absolute atomic E-state index is 12.1. The molecule has 1 aliphatic rings. The molecule has 25 heavy (non-hydrogen) atoms. The second-order valence-corrected chi connectivity index (χ2v) is 6.95. The molecule has 0 radical (unpaired) electrons. The molecule has 2 N–H and O–H groups in total. The predicted molar refractivity (Wildman–Crippen MR) is 95.9 cm³/mol. The highest BCUT2D eigenvalue weighted by atomic mass is 32.1. The Kier molecular flexibility index (Phi) is 5.23. The first kappa shape index (κ1) is 17.3. The Hall–Kier alpha value is -2.54. The van der Waals surface area contributed by atoms with Crippen LogP contribution in [0.15, 0.2) is 35.7 Å². The molecule has 0 saturated carbocycles. The molecule has 3 rings (SSSR count). The van der Waals surface area contributed by atoms with Crippen LogP contribution >= 0.6 is 11.3 Å². The SMILES string of the molecule is COc1ccc(-c2csc(CNC(=O)N3CCC(C(=O)O)C3)c2)cc1. The highest BCUT2D eigenvalue weighted by molar-refractivity contribution is 7.10. The van der Waals surface area contributed by atoms with Crippen molar-refractivity contribution in [3.63, 3.8) is 0 Å². The third-order valence-electron chi connectivity index (χ3n) is 4.32. The summed E-state index contributed by atoms with van der Waals surface area (Å²) in [6, 6.07) is 9.68. The molecule has 0 spiro atoms. The smallest absolute Gasteiger partial charge is 0.317 e. The number of likely N-dealkylation sites (tertiary alicyclic amines) is 1. The number of aliphatic carboxylic acids is 1. The summed E-state index contributed by atoms with van der Waals surface area (Å²) >= 11 is 1.59. The summed E-state index contributed by atoms with van der Waals surface area (Å²) < 4.78 is 5.16. The molecule has 1 aromatic heterocycles. The van der Waals surface area contributed by atoms with Gasteiger partial charge in [-0.15, -0.1) is 11.3 Å². The van der Waals surface area contributed by atoms with E-state index in [0.29, 0.717) is 19.5 Å². The van der Waals surface area contributed by atoms with Gasteiger partial charge < -0.3 is 20.1 Å². The summed E-state index contributed by atoms with van der Waals surface area (Å²) in [5.74, 6) is -0.469. The second-order valence-electron chi connectivity index (χ2n) is 5.96. The average Bonchev–Trinajstić information content (AvgIpc) is 3.29. The number of rotatable bonds is 5. The number of thiophene rings is 1. The Balaban J connectivity index is 1.55. The molecule has 6 nitrogen and oxygen atoms in total. The Bertz CT molecular complexity index is 757. The molecule has 0 aliphatic carbocycles. The van der Waals surface area contributed by atoms with Crippen molar-refractivity contribution in [2.24, 2.45) is 5.92 Å². The zero-order chi connectivity index (χ0) is 17.8. The number of ether oxygens (including phenoxy) is 1. The first-order valence-corrected chi connectivity index (χ1v) is 8.92. The predicted octanol–water partition coefficient (Wildman–Crippen LogP) is 3.04. The number of carbonyl (C=O) groups excluding carboxylic acids is 1. The molecular weight excluding hydrogens is 340 g/mol. The summed E-state index contributed by atoms with van der Waals surface area (Å²) in [6.45, 7) is 1.21. The van der Waals surface area contributed by atoms with E-state index in [1.165, 1.54) is 0 Å². The minimum atomic E-state index is -0.835. The number of carbonyl (C=O) groups is 2. The molecule has 132 valence electrons. The summed E-state index contributed by atoms with van der Waals surface area (Å²) in [5.41, 5.74) is 2.20. The minimum Gasteiger partial charge on any atom is -0.497 e. The number of amides is 2. The van der Waals surface area contributed by atoms with E-state index in [-0.39, 0.29) is 12.6 Å². The molecular formula is C18H20N2O4S. The largest absolute Gasteiger partial charge is 0.497 e. The van der Waals surface area contributed by atoms with Gasteiger partial charge >= 0.3 is 12.0 Å². The number of methoxy groups -OCH3 is 1. The van der Waals surface area contributed by atoms with E-state index in [1.54, 1.807) is 23.3 Å². The lowest BCUT2D eigenvalue weighted by atomic mass is 10.1. The Morgan fingerprint density at radius 3 is 2.72 bits per heavy atom. The van der Waals surface area contributed by atoms with Gasteiger partial charge in [0.25, 0.3) is 0 Å². The normalized spacial score (nSPS) is 16.7. The number of hydrogen-bond acceptors (Lipinski definition) is 4. The van der Waals surface area contributed by atoms with E-state index >= 15 is 0 Å². The molecule has 1 saturated heterocycles. The van der Waals surface area contributed by atoms with Crippen LogP contribution in [0.3, 0.4) is 0 Å². The van der Waals surface area contributed by atoms with E-state index in [9.17, 15) is 9.59 Å². The van der Waals surface area contributed by atoms with Crippen molar-refractivity contribution in [1.82, 2.24) is 10.2 Å². The fourth-order valence-electron chi connectivity index (χ4n) is 2.83. The molecule has 1 atom stereocenters. The first-order chi connectivity index (χ1) is 12.1. The van der Waals surface area contributed by atoms with Crippen molar-refractivity contribution in [1.29, 1.82) is 0 Å². The van der Waals surface area contributed by atoms with Crippen LogP contribution in [0.2, 0.25) is 0 Å². The standard InChI is InChI=1S/C18H20N2O4S/c1-24-15-4-2-12(3-5-15)14-8-16(25-11-14)9-19-18(23)20-7-6-13(10-20)17(21)22/h2-5,8,11,13H,6-7,9-10H2,1H3,(H,19,23)(H,21,22). The van der Waals surface area contributed by atoms with Crippen molar-refractivity contribution in [3.05, 3.63) is 40.6 Å². The molecule has 2 heterocycles. The zero-order valence-corrected chi connectivity index (χ0v) is 14.7. The van der Waals surface area contributed by atoms with Crippen LogP contribution in [0.1, 0.15) is 11.3 Å². The average molecular weight is 360 g/mol. The molecule has 2 aromatic rings. The Labute approximate surface area is 150 Å². The summed E-state index contributed by atoms with van der Waals surface area (Å²) in [6.07, 6.45) is 0.517. The minimum absolute atomic E-state index is 0.205. The van der Waals surface area contributed by atoms with Gasteiger partial charge in [0, 0.05) is 18.0 Å². The van der Waals surface area contributed by atoms with Gasteiger partial charge in [0.15, 0.2) is 0 Å². The topological polar surface area (TPSA) is 78.9 Å². The molecule has 0 bridgehead atoms. The lowest BCUT2D eigenvalue weighted by Crippen LogP contribution is -2.38. The van der Waals surface area contributed by atoms with Gasteiger partial charge in [0.05, 0.1) is 19.6 Å². The van der Waals surface area contributed by atoms with Crippen LogP contribution in [0.5, 0.6) is 5.75 Å². The van der Waals surface area contributed by atoms with Crippen molar-refractivity contribution in [2.45, 2.75) is 13.0 Å². The molecule has 1 aromatic carbocycles. The number of nitrogens with one attached hydrogen (secondary N) is 1. The van der Waals surface area contributed by atoms with E-state index in [4.69, 9.17) is 9.84 Å². The Morgan fingerprint density at radius 1 is 1.32 bits per heavy atom. The fraction of sp³-hybridized carbons (Fsp3) is 0.333. The van der Waals surface area contributed by atoms with Crippen LogP contribution in [0.4, 0.5) is 4.79 Å². The van der Waals surface area contributed by atoms with Crippen molar-refractivity contribution >= 4 is 23.3 Å². The summed E-state index contributed by atoms with van der Waals surface area (Å²) in [4.78, 5) is 25.7. The Morgan fingerprint density at radius 2 is 2.08 bits per heavy atom. The van der Waals surface area contributed by atoms with Gasteiger partial charge in [-0.1, -0.05) is 12.1 Å². The van der Waals surface area contributed by atoms with E-state index in [2.05, 4.69) is 16.8 Å². The second kappa shape index (κ2) is 7.57. The van der Waals surface area contributed by atoms with Gasteiger partial charge in [-0.3, -0.25) is 4.79 Å². The number of urea groups is 1. The van der Waals surface area contributed by atoms with E-state index in [1.807, 2.05) is 24.3 Å². The maximum atomic E-state index is 12.1. The quantitative estimate of drug-likeness (QED) is 0.859. The highest BCUT2D eigenvalue weighted by Gasteiger charge is 2.30. The number of carboxylic acid groups (broad SMARTS) is 1. The highest BCUT2D eigenvalue weighted by Crippen LogP contribution is 2.27. The third kappa shape index (κ3) is 4.11. The fourth-order valence-corrected chi connectivity index (χ4v) is 3.66. The van der Waals surface area contributed by atoms with Crippen LogP contribution in [-0.2, 0) is 11.3 Å². The number of hydrogen-bond donors (Lipinski definition) is 2. The monoisotopic (exact) mass is 360 g/mol. The lowest BCUT2D eigenvalue weighted by Gasteiger charge is -2.16. The maximum Gasteiger partial charge on any atom is 0.317 e. The van der Waals surface area contributed by atoms with Gasteiger partial charge in [-0.25, -0.2) is 4.79 Å². The first-order valence-electron chi connectivity index (χ1n) is 8.04. The number of nitrogens with zero attached hydrogens (tertiary/aromatic N) is 1. The van der Waals surface area contributed by atoms with Crippen molar-refractivity contribution in [3.8, 4) is 16.9 Å². The van der Waals surface area contributed by atoms with Crippen molar-refractivity contribution in [2.75, 3.05) is 20.2 Å². The van der Waals surface area contributed by atoms with Crippen molar-refractivity contribution < 1.29 is 19.4 Å². The molecule has 1 unspecified atom stereocenters. The van der Waals surface area contributed by atoms with Crippen LogP contribution in [0, 0.1) is 5.92 Å². The van der Waals surface area contributed by atoms with Crippen LogP contribution in [-0.4, -0.2) is 42.2 Å². The molecule has 2 amide bonds. The zero-order valence-electron chi connectivity index (χ0n) is 13.9. The van der Waals surface area contributed by atoms with Gasteiger partial charge in [-0.2, -0.15) is 0 Å². The number of benzene rings is 1. The van der Waals surface area contributed by atoms with Crippen LogP contribution < -0.4 is 10.1 Å². The van der Waals surface area contributed by atoms with Gasteiger partial charge in [-0.05, 0) is 41.1 Å². The van der Waals surface area contributed by atoms with E-state index in [0.717, 1.165) is 21.8 Å². The van der Waals surface area contributed by atoms with Crippen LogP contribution in [0.25, 0.3) is 11.1 Å². The van der Waals surface area contributed by atoms with E-state index < -0.39 is 11.9 Å². The lowest BCUT2D eigenvalue weighted by molar-refractivity contribution is -0.141. The number of carboxylic acids is 1. The summed E-state index contributed by atoms with van der Waals surface area (Å²) in [7, 11) is 1.64. The molecule has 1 aliphatic heterocycles. The van der Waals surface area contributed by atoms with Gasteiger partial charge in [0.2, 0.25) is 0 Å². The molecule has 7 heteroatoms. The van der Waals surface area contributed by atoms with Gasteiger partial charge in [0.1, 0.15) is 5.75 Å².